The third kappa shape index (κ3) is 4.55. The number of benzene rings is 1. The summed E-state index contributed by atoms with van der Waals surface area (Å²) in [6.45, 7) is 0. The minimum Gasteiger partial charge on any atom is -0.399 e. The van der Waals surface area contributed by atoms with Gasteiger partial charge in [-0.3, -0.25) is 0 Å². The van der Waals surface area contributed by atoms with E-state index in [0.717, 1.165) is 0 Å². The van der Waals surface area contributed by atoms with Gasteiger partial charge in [-0.05, 0) is 0 Å². The average Bonchev–Trinajstić information content (AvgIpc) is 1.90. The fourth-order valence-electron chi connectivity index (χ4n) is 0.676. The summed E-state index contributed by atoms with van der Waals surface area (Å²) in [6.07, 6.45) is 0. The normalized spacial score (nSPS) is 7.45. The maximum absolute atomic E-state index is 2.96. The molecule has 0 saturated heterocycles. The molecular formula is C8H11BrNZn-. The Labute approximate surface area is 91.3 Å². The molecule has 0 spiro atoms. The summed E-state index contributed by atoms with van der Waals surface area (Å²) >= 11 is 0. The summed E-state index contributed by atoms with van der Waals surface area (Å²) in [4.78, 5) is 2.06. The zero-order valence-corrected chi connectivity index (χ0v) is 11.6. The second kappa shape index (κ2) is 6.81. The Balaban J connectivity index is 0. The van der Waals surface area contributed by atoms with Gasteiger partial charge in [-0.2, -0.15) is 18.2 Å². The van der Waals surface area contributed by atoms with Crippen molar-refractivity contribution < 1.29 is 19.5 Å². The van der Waals surface area contributed by atoms with E-state index < -0.39 is 0 Å². The number of halogens is 1. The Morgan fingerprint density at radius 1 is 1.18 bits per heavy atom. The smallest absolute Gasteiger partial charge is 0.00397 e. The van der Waals surface area contributed by atoms with E-state index in [-0.39, 0.29) is 36.5 Å². The van der Waals surface area contributed by atoms with Crippen LogP contribution in [0.4, 0.5) is 5.69 Å². The van der Waals surface area contributed by atoms with E-state index in [2.05, 4.69) is 11.0 Å². The predicted molar refractivity (Wildman–Crippen MR) is 49.9 cm³/mol. The first-order valence-corrected chi connectivity index (χ1v) is 2.94. The molecule has 0 bridgehead atoms. The molecule has 3 heteroatoms. The number of anilines is 1. The molecule has 0 aliphatic heterocycles. The van der Waals surface area contributed by atoms with E-state index in [0.29, 0.717) is 0 Å². The number of rotatable bonds is 1. The van der Waals surface area contributed by atoms with Gasteiger partial charge in [0.05, 0.1) is 0 Å². The molecular weight excluding hydrogens is 255 g/mol. The second-order valence-corrected chi connectivity index (χ2v) is 2.15. The molecule has 0 N–H and O–H groups in total. The molecule has 0 atom stereocenters. The zero-order chi connectivity index (χ0) is 6.69. The third-order valence-electron chi connectivity index (χ3n) is 1.22. The average molecular weight is 266 g/mol. The van der Waals surface area contributed by atoms with Gasteiger partial charge in [0.1, 0.15) is 0 Å². The van der Waals surface area contributed by atoms with Gasteiger partial charge in [-0.1, -0.05) is 5.69 Å². The fraction of sp³-hybridized carbons (Fsp3) is 0.250. The maximum atomic E-state index is 2.96. The van der Waals surface area contributed by atoms with Crippen LogP contribution in [0.15, 0.2) is 24.3 Å². The number of nitrogens with zero attached hydrogens (tertiary/aromatic N) is 1. The predicted octanol–water partition coefficient (Wildman–Crippen LogP) is 2.13. The van der Waals surface area contributed by atoms with Gasteiger partial charge >= 0.3 is 0 Å². The van der Waals surface area contributed by atoms with Crippen LogP contribution in [0.5, 0.6) is 0 Å². The Bertz CT molecular complexity index is 177. The summed E-state index contributed by atoms with van der Waals surface area (Å²) in [5.74, 6) is 0. The minimum atomic E-state index is 0. The van der Waals surface area contributed by atoms with E-state index in [1.807, 2.05) is 38.4 Å². The molecule has 1 aromatic carbocycles. The van der Waals surface area contributed by atoms with Crippen molar-refractivity contribution in [3.63, 3.8) is 0 Å². The third-order valence-corrected chi connectivity index (χ3v) is 1.22. The quantitative estimate of drug-likeness (QED) is 0.556. The molecule has 0 fully saturated rings. The molecule has 1 rings (SSSR count). The van der Waals surface area contributed by atoms with Crippen LogP contribution in [-0.2, 0) is 19.5 Å². The Morgan fingerprint density at radius 3 is 1.91 bits per heavy atom. The van der Waals surface area contributed by atoms with Crippen molar-refractivity contribution in [2.75, 3.05) is 19.0 Å². The van der Waals surface area contributed by atoms with Crippen LogP contribution >= 0.6 is 17.0 Å². The van der Waals surface area contributed by atoms with Gasteiger partial charge in [0, 0.05) is 33.6 Å². The molecule has 58 valence electrons. The van der Waals surface area contributed by atoms with Crippen molar-refractivity contribution in [3.05, 3.63) is 30.3 Å². The summed E-state index contributed by atoms with van der Waals surface area (Å²) in [5.41, 5.74) is 1.22. The Morgan fingerprint density at radius 2 is 1.64 bits per heavy atom. The molecule has 1 nitrogen and oxygen atoms in total. The van der Waals surface area contributed by atoms with Crippen LogP contribution in [0.25, 0.3) is 0 Å². The van der Waals surface area contributed by atoms with Gasteiger partial charge in [0.15, 0.2) is 0 Å². The summed E-state index contributed by atoms with van der Waals surface area (Å²) in [6, 6.07) is 10.8. The molecule has 0 aliphatic rings. The maximum Gasteiger partial charge on any atom is 0.00397 e. The van der Waals surface area contributed by atoms with Crippen molar-refractivity contribution in [1.29, 1.82) is 0 Å². The van der Waals surface area contributed by atoms with Gasteiger partial charge < -0.3 is 4.90 Å². The van der Waals surface area contributed by atoms with Crippen molar-refractivity contribution in [1.82, 2.24) is 0 Å². The van der Waals surface area contributed by atoms with Crippen molar-refractivity contribution in [2.24, 2.45) is 0 Å². The SMILES string of the molecule is Br.CN(C)c1cc[c-]cc1.[Zn]. The van der Waals surface area contributed by atoms with Gasteiger partial charge in [0.2, 0.25) is 0 Å². The molecule has 1 aromatic rings. The first-order valence-electron chi connectivity index (χ1n) is 2.94. The first-order chi connectivity index (χ1) is 4.30. The first kappa shape index (κ1) is 13.7. The minimum absolute atomic E-state index is 0. The van der Waals surface area contributed by atoms with Crippen LogP contribution in [-0.4, -0.2) is 14.1 Å². The second-order valence-electron chi connectivity index (χ2n) is 2.15. The van der Waals surface area contributed by atoms with Gasteiger partial charge in [-0.15, -0.1) is 29.1 Å². The van der Waals surface area contributed by atoms with Crippen molar-refractivity contribution in [2.45, 2.75) is 0 Å². The molecule has 0 amide bonds. The van der Waals surface area contributed by atoms with Crippen LogP contribution in [0.3, 0.4) is 0 Å². The summed E-state index contributed by atoms with van der Waals surface area (Å²) in [7, 11) is 4.05. The van der Waals surface area contributed by atoms with Gasteiger partial charge in [-0.25, -0.2) is 0 Å². The van der Waals surface area contributed by atoms with E-state index in [1.54, 1.807) is 0 Å². The monoisotopic (exact) mass is 264 g/mol. The van der Waals surface area contributed by atoms with Crippen molar-refractivity contribution in [3.8, 4) is 0 Å². The van der Waals surface area contributed by atoms with Crippen molar-refractivity contribution >= 4 is 22.7 Å². The van der Waals surface area contributed by atoms with E-state index >= 15 is 0 Å². The molecule has 0 heterocycles. The standard InChI is InChI=1S/C8H10N.BrH.Zn/c1-9(2)8-6-4-3-5-7-8;;/h4-7H,1-2H3;1H;/q-1;;. The topological polar surface area (TPSA) is 3.24 Å². The van der Waals surface area contributed by atoms with Crippen LogP contribution in [0.1, 0.15) is 0 Å². The largest absolute Gasteiger partial charge is 0.399 e. The molecule has 11 heavy (non-hydrogen) atoms. The molecule has 0 unspecified atom stereocenters. The van der Waals surface area contributed by atoms with Crippen LogP contribution < -0.4 is 4.90 Å². The number of hydrogen-bond donors (Lipinski definition) is 0. The van der Waals surface area contributed by atoms with E-state index in [1.165, 1.54) is 5.69 Å². The summed E-state index contributed by atoms with van der Waals surface area (Å²) < 4.78 is 0. The summed E-state index contributed by atoms with van der Waals surface area (Å²) in [5, 5.41) is 0. The van der Waals surface area contributed by atoms with E-state index in [4.69, 9.17) is 0 Å². The van der Waals surface area contributed by atoms with Crippen LogP contribution in [0, 0.1) is 6.07 Å². The van der Waals surface area contributed by atoms with Gasteiger partial charge in [0.25, 0.3) is 0 Å². The molecule has 0 radical (unpaired) electrons. The molecule has 0 saturated carbocycles. The van der Waals surface area contributed by atoms with Crippen LogP contribution in [0.2, 0.25) is 0 Å². The fourth-order valence-corrected chi connectivity index (χ4v) is 0.676. The molecule has 0 aromatic heterocycles. The Hall–Kier alpha value is 0.123. The zero-order valence-electron chi connectivity index (χ0n) is 6.87. The number of hydrogen-bond acceptors (Lipinski definition) is 1. The molecule has 0 aliphatic carbocycles. The van der Waals surface area contributed by atoms with E-state index in [9.17, 15) is 0 Å². The Kier molecular flexibility index (Phi) is 8.48.